The van der Waals surface area contributed by atoms with E-state index in [0.29, 0.717) is 11.3 Å². The average Bonchev–Trinajstić information content (AvgIpc) is 3.13. The lowest BCUT2D eigenvalue weighted by Crippen LogP contribution is -2.23. The number of halogens is 1. The minimum Gasteiger partial charge on any atom is -0.351 e. The van der Waals surface area contributed by atoms with Crippen LogP contribution >= 0.6 is 15.9 Å². The van der Waals surface area contributed by atoms with Gasteiger partial charge in [0.25, 0.3) is 11.8 Å². The maximum Gasteiger partial charge on any atom is 0.270 e. The number of hydrogen-bond acceptors (Lipinski definition) is 2. The van der Waals surface area contributed by atoms with Crippen LogP contribution in [0.2, 0.25) is 0 Å². The van der Waals surface area contributed by atoms with Gasteiger partial charge in [-0.2, -0.15) is 0 Å². The highest BCUT2D eigenvalue weighted by molar-refractivity contribution is 9.10. The van der Waals surface area contributed by atoms with E-state index in [4.69, 9.17) is 0 Å². The maximum absolute atomic E-state index is 12.6. The van der Waals surface area contributed by atoms with Gasteiger partial charge in [0.05, 0.1) is 5.57 Å². The molecule has 134 valence electrons. The van der Waals surface area contributed by atoms with Crippen LogP contribution in [0.1, 0.15) is 45.7 Å². The van der Waals surface area contributed by atoms with Gasteiger partial charge in [-0.25, -0.2) is 0 Å². The fourth-order valence-corrected chi connectivity index (χ4v) is 4.10. The quantitative estimate of drug-likeness (QED) is 0.734. The van der Waals surface area contributed by atoms with Crippen LogP contribution in [-0.4, -0.2) is 35.8 Å². The third-order valence-corrected chi connectivity index (χ3v) is 5.52. The van der Waals surface area contributed by atoms with Crippen LogP contribution in [0.25, 0.3) is 11.6 Å². The molecule has 1 aliphatic carbocycles. The number of aromatic nitrogens is 1. The van der Waals surface area contributed by atoms with Gasteiger partial charge in [-0.05, 0) is 61.1 Å². The summed E-state index contributed by atoms with van der Waals surface area (Å²) in [6, 6.07) is 5.75. The molecule has 0 bridgehead atoms. The van der Waals surface area contributed by atoms with Gasteiger partial charge in [0, 0.05) is 35.5 Å². The van der Waals surface area contributed by atoms with E-state index in [2.05, 4.69) is 26.2 Å². The largest absolute Gasteiger partial charge is 0.351 e. The molecular formula is C20H20BrN3O2. The Balaban J connectivity index is 1.85. The van der Waals surface area contributed by atoms with Crippen molar-refractivity contribution >= 4 is 45.1 Å². The monoisotopic (exact) mass is 413 g/mol. The van der Waals surface area contributed by atoms with E-state index in [0.717, 1.165) is 52.7 Å². The third-order valence-electron chi connectivity index (χ3n) is 5.03. The van der Waals surface area contributed by atoms with Crippen molar-refractivity contribution in [2.24, 2.45) is 0 Å². The molecule has 2 amide bonds. The summed E-state index contributed by atoms with van der Waals surface area (Å²) in [6.07, 6.45) is 5.91. The van der Waals surface area contributed by atoms with Crippen LogP contribution in [0.5, 0.6) is 0 Å². The molecule has 2 heterocycles. The Morgan fingerprint density at radius 1 is 1.19 bits per heavy atom. The van der Waals surface area contributed by atoms with Gasteiger partial charge >= 0.3 is 0 Å². The fraction of sp³-hybridized carbons (Fsp3) is 0.300. The van der Waals surface area contributed by atoms with Crippen LogP contribution in [0.4, 0.5) is 5.69 Å². The number of carbonyl (C=O) groups excluding carboxylic acids is 2. The van der Waals surface area contributed by atoms with E-state index in [1.165, 1.54) is 5.56 Å². The van der Waals surface area contributed by atoms with E-state index in [1.807, 2.05) is 24.3 Å². The fourth-order valence-electron chi connectivity index (χ4n) is 3.74. The number of aromatic amines is 1. The lowest BCUT2D eigenvalue weighted by Gasteiger charge is -2.15. The van der Waals surface area contributed by atoms with Crippen molar-refractivity contribution < 1.29 is 9.59 Å². The molecule has 1 aromatic heterocycles. The Kier molecular flexibility index (Phi) is 4.23. The predicted molar refractivity (Wildman–Crippen MR) is 106 cm³/mol. The molecule has 1 aliphatic heterocycles. The predicted octanol–water partition coefficient (Wildman–Crippen LogP) is 3.85. The zero-order chi connectivity index (χ0) is 18.4. The maximum atomic E-state index is 12.6. The summed E-state index contributed by atoms with van der Waals surface area (Å²) in [4.78, 5) is 29.9. The van der Waals surface area contributed by atoms with Gasteiger partial charge in [0.1, 0.15) is 5.69 Å². The molecule has 0 saturated carbocycles. The van der Waals surface area contributed by atoms with E-state index >= 15 is 0 Å². The van der Waals surface area contributed by atoms with Crippen molar-refractivity contribution in [3.8, 4) is 0 Å². The number of anilines is 1. The van der Waals surface area contributed by atoms with Crippen LogP contribution in [0.3, 0.4) is 0 Å². The average molecular weight is 414 g/mol. The van der Waals surface area contributed by atoms with Crippen molar-refractivity contribution in [3.05, 3.63) is 50.8 Å². The molecule has 5 nitrogen and oxygen atoms in total. The number of hydrogen-bond donors (Lipinski definition) is 2. The van der Waals surface area contributed by atoms with Crippen molar-refractivity contribution in [2.45, 2.75) is 25.7 Å². The lowest BCUT2D eigenvalue weighted by atomic mass is 9.91. The molecule has 2 aromatic rings. The molecule has 4 rings (SSSR count). The zero-order valence-electron chi connectivity index (χ0n) is 14.8. The summed E-state index contributed by atoms with van der Waals surface area (Å²) >= 11 is 3.47. The molecule has 2 aliphatic rings. The molecular weight excluding hydrogens is 394 g/mol. The molecule has 0 unspecified atom stereocenters. The van der Waals surface area contributed by atoms with Crippen LogP contribution in [-0.2, 0) is 17.6 Å². The lowest BCUT2D eigenvalue weighted by molar-refractivity contribution is -0.110. The molecule has 0 atom stereocenters. The van der Waals surface area contributed by atoms with Gasteiger partial charge in [-0.1, -0.05) is 15.9 Å². The molecule has 1 aromatic carbocycles. The Morgan fingerprint density at radius 3 is 2.65 bits per heavy atom. The molecule has 0 spiro atoms. The molecule has 0 radical (unpaired) electrons. The van der Waals surface area contributed by atoms with E-state index in [-0.39, 0.29) is 11.8 Å². The zero-order valence-corrected chi connectivity index (χ0v) is 16.4. The number of amides is 2. The molecule has 2 N–H and O–H groups in total. The molecule has 0 fully saturated rings. The van der Waals surface area contributed by atoms with E-state index < -0.39 is 0 Å². The molecule has 6 heteroatoms. The van der Waals surface area contributed by atoms with E-state index in [9.17, 15) is 9.59 Å². The van der Waals surface area contributed by atoms with Crippen LogP contribution in [0, 0.1) is 0 Å². The smallest absolute Gasteiger partial charge is 0.270 e. The highest BCUT2D eigenvalue weighted by atomic mass is 79.9. The number of fused-ring (bicyclic) bond motifs is 2. The van der Waals surface area contributed by atoms with Crippen molar-refractivity contribution in [3.63, 3.8) is 0 Å². The normalized spacial score (nSPS) is 17.0. The molecule has 26 heavy (non-hydrogen) atoms. The summed E-state index contributed by atoms with van der Waals surface area (Å²) in [7, 11) is 3.52. The number of rotatable bonds is 2. The highest BCUT2D eigenvalue weighted by Gasteiger charge is 2.28. The summed E-state index contributed by atoms with van der Waals surface area (Å²) in [5.41, 5.74) is 6.13. The summed E-state index contributed by atoms with van der Waals surface area (Å²) in [6.45, 7) is 0. The van der Waals surface area contributed by atoms with Crippen molar-refractivity contribution in [1.82, 2.24) is 9.88 Å². The topological polar surface area (TPSA) is 65.2 Å². The first-order chi connectivity index (χ1) is 12.5. The summed E-state index contributed by atoms with van der Waals surface area (Å²) in [5, 5.41) is 2.91. The Morgan fingerprint density at radius 2 is 1.92 bits per heavy atom. The van der Waals surface area contributed by atoms with Crippen LogP contribution < -0.4 is 5.32 Å². The van der Waals surface area contributed by atoms with Gasteiger partial charge in [-0.3, -0.25) is 9.59 Å². The number of H-pyrrole nitrogens is 1. The Labute approximate surface area is 160 Å². The van der Waals surface area contributed by atoms with Crippen molar-refractivity contribution in [1.29, 1.82) is 0 Å². The SMILES string of the molecule is CN(C)C(=O)c1[nH]c(C=C2C(=O)Nc3ccc(Br)cc32)c2c1CCCC2. The second-order valence-electron chi connectivity index (χ2n) is 6.98. The van der Waals surface area contributed by atoms with Crippen LogP contribution in [0.15, 0.2) is 22.7 Å². The minimum absolute atomic E-state index is 0.0215. The first-order valence-corrected chi connectivity index (χ1v) is 9.53. The van der Waals surface area contributed by atoms with Gasteiger partial charge in [-0.15, -0.1) is 0 Å². The first kappa shape index (κ1) is 17.1. The number of nitrogens with one attached hydrogen (secondary N) is 2. The Hall–Kier alpha value is -2.34. The second kappa shape index (κ2) is 6.43. The number of nitrogens with zero attached hydrogens (tertiary/aromatic N) is 1. The van der Waals surface area contributed by atoms with E-state index in [1.54, 1.807) is 19.0 Å². The Bertz CT molecular complexity index is 956. The minimum atomic E-state index is -0.113. The number of benzene rings is 1. The number of carbonyl (C=O) groups is 2. The highest BCUT2D eigenvalue weighted by Crippen LogP contribution is 2.37. The summed E-state index contributed by atoms with van der Waals surface area (Å²) in [5.74, 6) is -0.135. The van der Waals surface area contributed by atoms with Gasteiger partial charge < -0.3 is 15.2 Å². The third kappa shape index (κ3) is 2.78. The standard InChI is InChI=1S/C20H20BrN3O2/c1-24(2)20(26)18-13-6-4-3-5-12(13)17(22-18)10-15-14-9-11(21)7-8-16(14)23-19(15)25/h7-10,22H,3-6H2,1-2H3,(H,23,25). The van der Waals surface area contributed by atoms with Gasteiger partial charge in [0.2, 0.25) is 0 Å². The first-order valence-electron chi connectivity index (χ1n) is 8.74. The second-order valence-corrected chi connectivity index (χ2v) is 7.90. The van der Waals surface area contributed by atoms with Gasteiger partial charge in [0.15, 0.2) is 0 Å². The molecule has 0 saturated heterocycles. The summed E-state index contributed by atoms with van der Waals surface area (Å²) < 4.78 is 0.927. The van der Waals surface area contributed by atoms with Crippen molar-refractivity contribution in [2.75, 3.05) is 19.4 Å².